The molecule has 0 radical (unpaired) electrons. The fraction of sp³-hybridized carbons (Fsp3) is 0.615. The molecule has 2 heterocycles. The van der Waals surface area contributed by atoms with E-state index in [0.29, 0.717) is 12.6 Å². The summed E-state index contributed by atoms with van der Waals surface area (Å²) in [5, 5.41) is 0. The molecule has 17 heavy (non-hydrogen) atoms. The molecule has 0 aliphatic carbocycles. The Kier molecular flexibility index (Phi) is 3.84. The van der Waals surface area contributed by atoms with Crippen LogP contribution in [0.5, 0.6) is 5.75 Å². The number of hydrogen-bond donors (Lipinski definition) is 1. The molecule has 4 heteroatoms. The van der Waals surface area contributed by atoms with Gasteiger partial charge in [0.05, 0.1) is 19.0 Å². The number of nitrogens with two attached hydrogens (primary N) is 1. The SMILES string of the molecule is COc1cnc(C)cc1N1CCCCC1CN. The second-order valence-corrected chi connectivity index (χ2v) is 4.58. The van der Waals surface area contributed by atoms with Crippen LogP contribution in [-0.2, 0) is 0 Å². The quantitative estimate of drug-likeness (QED) is 0.866. The van der Waals surface area contributed by atoms with Gasteiger partial charge in [0, 0.05) is 24.8 Å². The molecular weight excluding hydrogens is 214 g/mol. The average molecular weight is 235 g/mol. The van der Waals surface area contributed by atoms with E-state index in [0.717, 1.165) is 23.7 Å². The number of ether oxygens (including phenoxy) is 1. The number of aryl methyl sites for hydroxylation is 1. The van der Waals surface area contributed by atoms with Crippen LogP contribution >= 0.6 is 0 Å². The normalized spacial score (nSPS) is 20.4. The van der Waals surface area contributed by atoms with Gasteiger partial charge in [-0.3, -0.25) is 4.98 Å². The van der Waals surface area contributed by atoms with E-state index in [1.165, 1.54) is 19.3 Å². The van der Waals surface area contributed by atoms with Crippen molar-refractivity contribution in [2.45, 2.75) is 32.2 Å². The summed E-state index contributed by atoms with van der Waals surface area (Å²) >= 11 is 0. The van der Waals surface area contributed by atoms with Gasteiger partial charge in [-0.2, -0.15) is 0 Å². The molecule has 0 amide bonds. The monoisotopic (exact) mass is 235 g/mol. The molecule has 2 rings (SSSR count). The number of anilines is 1. The molecule has 0 bridgehead atoms. The molecule has 1 aromatic heterocycles. The Morgan fingerprint density at radius 3 is 3.06 bits per heavy atom. The number of aromatic nitrogens is 1. The largest absolute Gasteiger partial charge is 0.493 e. The zero-order valence-electron chi connectivity index (χ0n) is 10.6. The lowest BCUT2D eigenvalue weighted by Gasteiger charge is -2.37. The number of nitrogens with zero attached hydrogens (tertiary/aromatic N) is 2. The Balaban J connectivity index is 2.33. The van der Waals surface area contributed by atoms with E-state index in [4.69, 9.17) is 10.5 Å². The zero-order chi connectivity index (χ0) is 12.3. The predicted molar refractivity (Wildman–Crippen MR) is 69.6 cm³/mol. The Morgan fingerprint density at radius 2 is 2.35 bits per heavy atom. The highest BCUT2D eigenvalue weighted by Crippen LogP contribution is 2.32. The van der Waals surface area contributed by atoms with Crippen LogP contribution in [0.25, 0.3) is 0 Å². The molecule has 1 aliphatic rings. The van der Waals surface area contributed by atoms with E-state index in [-0.39, 0.29) is 0 Å². The third kappa shape index (κ3) is 2.52. The lowest BCUT2D eigenvalue weighted by atomic mass is 10.0. The second-order valence-electron chi connectivity index (χ2n) is 4.58. The van der Waals surface area contributed by atoms with Crippen molar-refractivity contribution in [2.75, 3.05) is 25.1 Å². The minimum absolute atomic E-state index is 0.430. The summed E-state index contributed by atoms with van der Waals surface area (Å²) in [6.07, 6.45) is 5.46. The van der Waals surface area contributed by atoms with Gasteiger partial charge in [-0.15, -0.1) is 0 Å². The van der Waals surface area contributed by atoms with Gasteiger partial charge in [-0.25, -0.2) is 0 Å². The third-order valence-electron chi connectivity index (χ3n) is 3.41. The second kappa shape index (κ2) is 5.36. The van der Waals surface area contributed by atoms with E-state index in [1.54, 1.807) is 13.3 Å². The fourth-order valence-corrected chi connectivity index (χ4v) is 2.48. The molecule has 1 fully saturated rings. The first-order valence-corrected chi connectivity index (χ1v) is 6.23. The highest BCUT2D eigenvalue weighted by molar-refractivity contribution is 5.59. The van der Waals surface area contributed by atoms with Crippen LogP contribution in [0, 0.1) is 6.92 Å². The maximum absolute atomic E-state index is 5.86. The Bertz CT molecular complexity index is 381. The van der Waals surface area contributed by atoms with Crippen molar-refractivity contribution in [3.05, 3.63) is 18.0 Å². The van der Waals surface area contributed by atoms with Gasteiger partial charge in [0.25, 0.3) is 0 Å². The van der Waals surface area contributed by atoms with Crippen LogP contribution < -0.4 is 15.4 Å². The van der Waals surface area contributed by atoms with Crippen molar-refractivity contribution in [1.29, 1.82) is 0 Å². The molecule has 0 aromatic carbocycles. The molecule has 94 valence electrons. The summed E-state index contributed by atoms with van der Waals surface area (Å²) in [5.41, 5.74) is 8.01. The molecule has 0 saturated carbocycles. The molecule has 4 nitrogen and oxygen atoms in total. The maximum atomic E-state index is 5.86. The van der Waals surface area contributed by atoms with Crippen LogP contribution in [0.1, 0.15) is 25.0 Å². The average Bonchev–Trinajstić information content (AvgIpc) is 2.38. The summed E-state index contributed by atoms with van der Waals surface area (Å²) < 4.78 is 5.40. The summed E-state index contributed by atoms with van der Waals surface area (Å²) in [6, 6.07) is 2.52. The molecule has 1 atom stereocenters. The molecule has 2 N–H and O–H groups in total. The van der Waals surface area contributed by atoms with E-state index < -0.39 is 0 Å². The molecule has 1 aromatic rings. The van der Waals surface area contributed by atoms with Gasteiger partial charge in [0.2, 0.25) is 0 Å². The molecule has 1 unspecified atom stereocenters. The minimum atomic E-state index is 0.430. The van der Waals surface area contributed by atoms with Crippen LogP contribution in [-0.4, -0.2) is 31.2 Å². The van der Waals surface area contributed by atoms with Crippen molar-refractivity contribution in [3.8, 4) is 5.75 Å². The summed E-state index contributed by atoms with van der Waals surface area (Å²) in [7, 11) is 1.69. The van der Waals surface area contributed by atoms with Crippen molar-refractivity contribution in [1.82, 2.24) is 4.98 Å². The zero-order valence-corrected chi connectivity index (χ0v) is 10.6. The fourth-order valence-electron chi connectivity index (χ4n) is 2.48. The number of rotatable bonds is 3. The Labute approximate surface area is 103 Å². The van der Waals surface area contributed by atoms with E-state index in [9.17, 15) is 0 Å². The summed E-state index contributed by atoms with van der Waals surface area (Å²) in [4.78, 5) is 6.65. The van der Waals surface area contributed by atoms with E-state index in [2.05, 4.69) is 16.0 Å². The van der Waals surface area contributed by atoms with Crippen molar-refractivity contribution < 1.29 is 4.74 Å². The smallest absolute Gasteiger partial charge is 0.160 e. The lowest BCUT2D eigenvalue weighted by molar-refractivity contribution is 0.403. The maximum Gasteiger partial charge on any atom is 0.160 e. The first-order chi connectivity index (χ1) is 8.26. The molecular formula is C13H21N3O. The molecule has 1 saturated heterocycles. The molecule has 1 aliphatic heterocycles. The first-order valence-electron chi connectivity index (χ1n) is 6.23. The Hall–Kier alpha value is -1.29. The van der Waals surface area contributed by atoms with Gasteiger partial charge in [0.15, 0.2) is 5.75 Å². The lowest BCUT2D eigenvalue weighted by Crippen LogP contribution is -2.44. The van der Waals surface area contributed by atoms with Crippen LogP contribution in [0.4, 0.5) is 5.69 Å². The van der Waals surface area contributed by atoms with Gasteiger partial charge in [-0.1, -0.05) is 0 Å². The predicted octanol–water partition coefficient (Wildman–Crippen LogP) is 1.72. The van der Waals surface area contributed by atoms with Crippen LogP contribution in [0.2, 0.25) is 0 Å². The summed E-state index contributed by atoms with van der Waals surface area (Å²) in [5.74, 6) is 0.843. The standard InChI is InChI=1S/C13H21N3O/c1-10-7-12(13(17-2)9-15-10)16-6-4-3-5-11(16)8-14/h7,9,11H,3-6,8,14H2,1-2H3. The van der Waals surface area contributed by atoms with Crippen LogP contribution in [0.15, 0.2) is 12.3 Å². The van der Waals surface area contributed by atoms with Gasteiger partial charge in [0.1, 0.15) is 0 Å². The number of methoxy groups -OCH3 is 1. The van der Waals surface area contributed by atoms with Gasteiger partial charge >= 0.3 is 0 Å². The van der Waals surface area contributed by atoms with E-state index in [1.807, 2.05) is 6.92 Å². The number of piperidine rings is 1. The van der Waals surface area contributed by atoms with Crippen molar-refractivity contribution in [3.63, 3.8) is 0 Å². The minimum Gasteiger partial charge on any atom is -0.493 e. The number of hydrogen-bond acceptors (Lipinski definition) is 4. The highest BCUT2D eigenvalue weighted by atomic mass is 16.5. The van der Waals surface area contributed by atoms with Gasteiger partial charge < -0.3 is 15.4 Å². The summed E-state index contributed by atoms with van der Waals surface area (Å²) in [6.45, 7) is 3.76. The van der Waals surface area contributed by atoms with Crippen molar-refractivity contribution in [2.24, 2.45) is 5.73 Å². The Morgan fingerprint density at radius 1 is 1.53 bits per heavy atom. The van der Waals surface area contributed by atoms with Crippen molar-refractivity contribution >= 4 is 5.69 Å². The van der Waals surface area contributed by atoms with Crippen LogP contribution in [0.3, 0.4) is 0 Å². The third-order valence-corrected chi connectivity index (χ3v) is 3.41. The first kappa shape index (κ1) is 12.2. The highest BCUT2D eigenvalue weighted by Gasteiger charge is 2.23. The van der Waals surface area contributed by atoms with E-state index >= 15 is 0 Å². The molecule has 0 spiro atoms. The topological polar surface area (TPSA) is 51.4 Å². The number of pyridine rings is 1. The van der Waals surface area contributed by atoms with Gasteiger partial charge in [-0.05, 0) is 32.3 Å².